The van der Waals surface area contributed by atoms with E-state index in [0.29, 0.717) is 17.8 Å². The number of aromatic nitrogens is 2. The maximum absolute atomic E-state index is 4.55. The van der Waals surface area contributed by atoms with Crippen molar-refractivity contribution in [1.82, 2.24) is 9.97 Å². The fraction of sp³-hybridized carbons (Fsp3) is 0.714. The van der Waals surface area contributed by atoms with Gasteiger partial charge in [0.05, 0.1) is 0 Å². The van der Waals surface area contributed by atoms with Crippen molar-refractivity contribution in [2.75, 3.05) is 24.2 Å². The van der Waals surface area contributed by atoms with Gasteiger partial charge in [0.15, 0.2) is 0 Å². The van der Waals surface area contributed by atoms with Crippen LogP contribution in [0.15, 0.2) is 6.07 Å². The Balaban J connectivity index is 2.78. The van der Waals surface area contributed by atoms with E-state index in [0.717, 1.165) is 24.0 Å². The van der Waals surface area contributed by atoms with Crippen LogP contribution < -0.4 is 10.6 Å². The van der Waals surface area contributed by atoms with Crippen LogP contribution in [0.1, 0.15) is 46.4 Å². The molecule has 1 atom stereocenters. The first-order valence-electron chi connectivity index (χ1n) is 6.74. The molecular formula is C14H26N4. The molecule has 0 aliphatic carbocycles. The summed E-state index contributed by atoms with van der Waals surface area (Å²) in [5, 5.41) is 6.49. The second kappa shape index (κ2) is 6.57. The number of hydrogen-bond donors (Lipinski definition) is 2. The summed E-state index contributed by atoms with van der Waals surface area (Å²) >= 11 is 0. The molecule has 2 N–H and O–H groups in total. The molecule has 1 heterocycles. The Morgan fingerprint density at radius 3 is 2.17 bits per heavy atom. The van der Waals surface area contributed by atoms with Crippen LogP contribution in [0.2, 0.25) is 0 Å². The molecule has 0 aliphatic rings. The third-order valence-corrected chi connectivity index (χ3v) is 3.26. The third-order valence-electron chi connectivity index (χ3n) is 3.26. The van der Waals surface area contributed by atoms with Gasteiger partial charge in [-0.1, -0.05) is 34.6 Å². The maximum atomic E-state index is 4.55. The zero-order valence-electron chi connectivity index (χ0n) is 12.4. The summed E-state index contributed by atoms with van der Waals surface area (Å²) in [5.41, 5.74) is 0. The molecule has 4 nitrogen and oxygen atoms in total. The van der Waals surface area contributed by atoms with Crippen LogP contribution in [0.3, 0.4) is 0 Å². The van der Waals surface area contributed by atoms with Crippen molar-refractivity contribution in [1.29, 1.82) is 0 Å². The van der Waals surface area contributed by atoms with Crippen LogP contribution >= 0.6 is 0 Å². The highest BCUT2D eigenvalue weighted by molar-refractivity contribution is 5.47. The second-order valence-corrected chi connectivity index (χ2v) is 5.50. The predicted octanol–water partition coefficient (Wildman–Crippen LogP) is 3.35. The van der Waals surface area contributed by atoms with E-state index < -0.39 is 0 Å². The molecule has 0 saturated heterocycles. The van der Waals surface area contributed by atoms with Crippen LogP contribution in [0.25, 0.3) is 0 Å². The van der Waals surface area contributed by atoms with E-state index in [-0.39, 0.29) is 0 Å². The van der Waals surface area contributed by atoms with Gasteiger partial charge in [-0.2, -0.15) is 0 Å². The third kappa shape index (κ3) is 4.17. The first-order valence-corrected chi connectivity index (χ1v) is 6.74. The Hall–Kier alpha value is -1.32. The minimum absolute atomic E-state index is 0.335. The van der Waals surface area contributed by atoms with Gasteiger partial charge in [-0.05, 0) is 11.8 Å². The van der Waals surface area contributed by atoms with Crippen molar-refractivity contribution in [3.8, 4) is 0 Å². The van der Waals surface area contributed by atoms with Crippen molar-refractivity contribution >= 4 is 11.6 Å². The molecule has 4 heteroatoms. The van der Waals surface area contributed by atoms with Crippen molar-refractivity contribution in [2.24, 2.45) is 11.8 Å². The highest BCUT2D eigenvalue weighted by Crippen LogP contribution is 2.17. The van der Waals surface area contributed by atoms with Crippen molar-refractivity contribution in [3.05, 3.63) is 11.9 Å². The van der Waals surface area contributed by atoms with E-state index in [1.54, 1.807) is 0 Å². The van der Waals surface area contributed by atoms with Crippen molar-refractivity contribution in [3.63, 3.8) is 0 Å². The minimum Gasteiger partial charge on any atom is -0.373 e. The lowest BCUT2D eigenvalue weighted by Gasteiger charge is -2.17. The van der Waals surface area contributed by atoms with Crippen LogP contribution in [0.4, 0.5) is 11.6 Å². The quantitative estimate of drug-likeness (QED) is 0.813. The van der Waals surface area contributed by atoms with Gasteiger partial charge < -0.3 is 10.6 Å². The Labute approximate surface area is 111 Å². The molecule has 0 aromatic carbocycles. The summed E-state index contributed by atoms with van der Waals surface area (Å²) in [6.07, 6.45) is 0. The van der Waals surface area contributed by atoms with E-state index in [2.05, 4.69) is 55.2 Å². The van der Waals surface area contributed by atoms with Crippen LogP contribution in [0, 0.1) is 11.8 Å². The number of nitrogens with zero attached hydrogens (tertiary/aromatic N) is 2. The Morgan fingerprint density at radius 2 is 1.67 bits per heavy atom. The Bertz CT molecular complexity index is 374. The molecule has 1 aromatic rings. The summed E-state index contributed by atoms with van der Waals surface area (Å²) < 4.78 is 0. The molecule has 18 heavy (non-hydrogen) atoms. The molecule has 102 valence electrons. The Morgan fingerprint density at radius 1 is 1.06 bits per heavy atom. The highest BCUT2D eigenvalue weighted by atomic mass is 15.1. The van der Waals surface area contributed by atoms with Gasteiger partial charge in [0.1, 0.15) is 17.5 Å². The average molecular weight is 250 g/mol. The molecule has 0 saturated carbocycles. The number of anilines is 2. The minimum atomic E-state index is 0.335. The standard InChI is InChI=1S/C14H26N4/c1-9(2)11(5)8-16-13-7-12(15-6)17-14(18-13)10(3)4/h7,9-11H,8H2,1-6H3,(H2,15,16,17,18). The lowest BCUT2D eigenvalue weighted by Crippen LogP contribution is -2.17. The first kappa shape index (κ1) is 14.7. The first-order chi connectivity index (χ1) is 8.43. The molecular weight excluding hydrogens is 224 g/mol. The highest BCUT2D eigenvalue weighted by Gasteiger charge is 2.10. The van der Waals surface area contributed by atoms with Gasteiger partial charge in [0, 0.05) is 25.6 Å². The van der Waals surface area contributed by atoms with Crippen LogP contribution in [-0.2, 0) is 0 Å². The molecule has 0 amide bonds. The van der Waals surface area contributed by atoms with E-state index in [4.69, 9.17) is 0 Å². The second-order valence-electron chi connectivity index (χ2n) is 5.50. The fourth-order valence-corrected chi connectivity index (χ4v) is 1.44. The van der Waals surface area contributed by atoms with Crippen LogP contribution in [-0.4, -0.2) is 23.6 Å². The SMILES string of the molecule is CNc1cc(NCC(C)C(C)C)nc(C(C)C)n1. The lowest BCUT2D eigenvalue weighted by molar-refractivity contribution is 0.439. The van der Waals surface area contributed by atoms with Gasteiger partial charge >= 0.3 is 0 Å². The largest absolute Gasteiger partial charge is 0.373 e. The van der Waals surface area contributed by atoms with Gasteiger partial charge in [0.2, 0.25) is 0 Å². The Kier molecular flexibility index (Phi) is 5.38. The molecule has 1 unspecified atom stereocenters. The zero-order chi connectivity index (χ0) is 13.7. The molecule has 0 bridgehead atoms. The molecule has 0 aliphatic heterocycles. The summed E-state index contributed by atoms with van der Waals surface area (Å²) in [7, 11) is 1.88. The van der Waals surface area contributed by atoms with Gasteiger partial charge in [-0.15, -0.1) is 0 Å². The topological polar surface area (TPSA) is 49.8 Å². The molecule has 0 fully saturated rings. The van der Waals surface area contributed by atoms with E-state index >= 15 is 0 Å². The predicted molar refractivity (Wildman–Crippen MR) is 78.2 cm³/mol. The van der Waals surface area contributed by atoms with Gasteiger partial charge in [-0.25, -0.2) is 9.97 Å². The van der Waals surface area contributed by atoms with Crippen molar-refractivity contribution in [2.45, 2.75) is 40.5 Å². The van der Waals surface area contributed by atoms with E-state index in [9.17, 15) is 0 Å². The average Bonchev–Trinajstić information content (AvgIpc) is 2.35. The number of hydrogen-bond acceptors (Lipinski definition) is 4. The van der Waals surface area contributed by atoms with E-state index in [1.807, 2.05) is 13.1 Å². The van der Waals surface area contributed by atoms with Gasteiger partial charge in [0.25, 0.3) is 0 Å². The zero-order valence-corrected chi connectivity index (χ0v) is 12.4. The lowest BCUT2D eigenvalue weighted by atomic mass is 9.98. The number of rotatable bonds is 6. The molecule has 0 radical (unpaired) electrons. The molecule has 0 spiro atoms. The van der Waals surface area contributed by atoms with Gasteiger partial charge in [-0.3, -0.25) is 0 Å². The maximum Gasteiger partial charge on any atom is 0.135 e. The fourth-order valence-electron chi connectivity index (χ4n) is 1.44. The summed E-state index contributed by atoms with van der Waals surface area (Å²) in [6.45, 7) is 11.9. The number of nitrogens with one attached hydrogen (secondary N) is 2. The van der Waals surface area contributed by atoms with E-state index in [1.165, 1.54) is 0 Å². The summed E-state index contributed by atoms with van der Waals surface area (Å²) in [4.78, 5) is 9.00. The normalized spacial score (nSPS) is 12.9. The van der Waals surface area contributed by atoms with Crippen LogP contribution in [0.5, 0.6) is 0 Å². The monoisotopic (exact) mass is 250 g/mol. The smallest absolute Gasteiger partial charge is 0.135 e. The van der Waals surface area contributed by atoms with Crippen molar-refractivity contribution < 1.29 is 0 Å². The summed E-state index contributed by atoms with van der Waals surface area (Å²) in [5.74, 6) is 4.29. The molecule has 1 aromatic heterocycles. The molecule has 1 rings (SSSR count). The summed E-state index contributed by atoms with van der Waals surface area (Å²) in [6, 6.07) is 1.96.